The Labute approximate surface area is 325 Å². The topological polar surface area (TPSA) is 16.4 Å². The standard InChI is InChI=1S/C54H35NO/c1-2-11-36(12-3-1)39-21-23-40(24-22-39)41-27-30-45(31-28-41)55(46-32-29-38-14-5-7-16-43(38)34-46)51-35-50-53-47(44-26-25-37-13-4-6-15-42(37)33-44)19-10-20-52(53)56-54(50)49-18-9-8-17-48(49)51/h1-35H. The average Bonchev–Trinajstić information content (AvgIpc) is 3.66. The predicted molar refractivity (Wildman–Crippen MR) is 237 cm³/mol. The first-order chi connectivity index (χ1) is 27.7. The van der Waals surface area contributed by atoms with Crippen molar-refractivity contribution in [3.63, 3.8) is 0 Å². The second-order valence-corrected chi connectivity index (χ2v) is 14.5. The van der Waals surface area contributed by atoms with Crippen molar-refractivity contribution in [1.82, 2.24) is 0 Å². The van der Waals surface area contributed by atoms with E-state index in [-0.39, 0.29) is 0 Å². The molecule has 56 heavy (non-hydrogen) atoms. The normalized spacial score (nSPS) is 11.6. The highest BCUT2D eigenvalue weighted by Crippen LogP contribution is 2.47. The molecule has 2 nitrogen and oxygen atoms in total. The summed E-state index contributed by atoms with van der Waals surface area (Å²) in [5, 5.41) is 9.29. The van der Waals surface area contributed by atoms with E-state index < -0.39 is 0 Å². The van der Waals surface area contributed by atoms with E-state index in [9.17, 15) is 0 Å². The minimum absolute atomic E-state index is 0.882. The summed E-state index contributed by atoms with van der Waals surface area (Å²) in [6, 6.07) is 76.5. The molecule has 0 radical (unpaired) electrons. The monoisotopic (exact) mass is 713 g/mol. The SMILES string of the molecule is c1ccc(-c2ccc(-c3ccc(N(c4ccc5ccccc5c4)c4cc5c(oc6cccc(-c7ccc8ccccc8c7)c65)c5ccccc45)cc3)cc2)cc1. The molecular formula is C54H35NO. The fourth-order valence-electron chi connectivity index (χ4n) is 8.44. The van der Waals surface area contributed by atoms with E-state index >= 15 is 0 Å². The fourth-order valence-corrected chi connectivity index (χ4v) is 8.44. The summed E-state index contributed by atoms with van der Waals surface area (Å²) in [7, 11) is 0. The molecule has 0 aliphatic rings. The van der Waals surface area contributed by atoms with Crippen LogP contribution in [-0.4, -0.2) is 0 Å². The van der Waals surface area contributed by atoms with Crippen molar-refractivity contribution >= 4 is 71.3 Å². The van der Waals surface area contributed by atoms with Gasteiger partial charge in [0.25, 0.3) is 0 Å². The van der Waals surface area contributed by atoms with Crippen LogP contribution in [0.4, 0.5) is 17.1 Å². The number of fused-ring (bicyclic) bond motifs is 7. The minimum Gasteiger partial charge on any atom is -0.455 e. The lowest BCUT2D eigenvalue weighted by Gasteiger charge is -2.27. The van der Waals surface area contributed by atoms with Crippen molar-refractivity contribution in [2.24, 2.45) is 0 Å². The molecule has 0 amide bonds. The Morgan fingerprint density at radius 2 is 0.857 bits per heavy atom. The molecule has 0 fully saturated rings. The van der Waals surface area contributed by atoms with Crippen LogP contribution in [0.15, 0.2) is 217 Å². The van der Waals surface area contributed by atoms with Crippen molar-refractivity contribution in [3.8, 4) is 33.4 Å². The van der Waals surface area contributed by atoms with Crippen molar-refractivity contribution < 1.29 is 4.42 Å². The zero-order valence-corrected chi connectivity index (χ0v) is 30.6. The van der Waals surface area contributed by atoms with Crippen molar-refractivity contribution in [3.05, 3.63) is 212 Å². The van der Waals surface area contributed by atoms with Crippen LogP contribution in [0.2, 0.25) is 0 Å². The van der Waals surface area contributed by atoms with Gasteiger partial charge in [-0.3, -0.25) is 0 Å². The number of anilines is 3. The van der Waals surface area contributed by atoms with Gasteiger partial charge < -0.3 is 9.32 Å². The highest BCUT2D eigenvalue weighted by Gasteiger charge is 2.22. The van der Waals surface area contributed by atoms with Crippen molar-refractivity contribution in [2.45, 2.75) is 0 Å². The zero-order chi connectivity index (χ0) is 37.0. The van der Waals surface area contributed by atoms with Crippen LogP contribution >= 0.6 is 0 Å². The molecule has 2 heteroatoms. The first kappa shape index (κ1) is 32.0. The molecule has 10 aromatic carbocycles. The van der Waals surface area contributed by atoms with Crippen LogP contribution in [0, 0.1) is 0 Å². The molecule has 0 saturated carbocycles. The summed E-state index contributed by atoms with van der Waals surface area (Å²) in [6.45, 7) is 0. The second kappa shape index (κ2) is 13.2. The molecule has 0 bridgehead atoms. The molecule has 0 spiro atoms. The Hall–Kier alpha value is -7.42. The lowest BCUT2D eigenvalue weighted by molar-refractivity contribution is 0.673. The van der Waals surface area contributed by atoms with E-state index in [2.05, 4.69) is 217 Å². The number of hydrogen-bond acceptors (Lipinski definition) is 2. The van der Waals surface area contributed by atoms with Gasteiger partial charge in [0.05, 0.1) is 5.69 Å². The van der Waals surface area contributed by atoms with E-state index in [0.717, 1.165) is 55.3 Å². The lowest BCUT2D eigenvalue weighted by atomic mass is 9.95. The molecule has 0 atom stereocenters. The number of furan rings is 1. The van der Waals surface area contributed by atoms with E-state index in [4.69, 9.17) is 4.42 Å². The molecular weight excluding hydrogens is 679 g/mol. The van der Waals surface area contributed by atoms with Gasteiger partial charge in [-0.2, -0.15) is 0 Å². The molecule has 262 valence electrons. The summed E-state index contributed by atoms with van der Waals surface area (Å²) >= 11 is 0. The number of rotatable bonds is 6. The van der Waals surface area contributed by atoms with Crippen LogP contribution in [-0.2, 0) is 0 Å². The zero-order valence-electron chi connectivity index (χ0n) is 30.6. The van der Waals surface area contributed by atoms with E-state index in [1.54, 1.807) is 0 Å². The molecule has 1 aromatic heterocycles. The van der Waals surface area contributed by atoms with Gasteiger partial charge in [-0.1, -0.05) is 170 Å². The van der Waals surface area contributed by atoms with Crippen LogP contribution in [0.3, 0.4) is 0 Å². The van der Waals surface area contributed by atoms with Gasteiger partial charge >= 0.3 is 0 Å². The highest BCUT2D eigenvalue weighted by molar-refractivity contribution is 6.22. The van der Waals surface area contributed by atoms with Crippen molar-refractivity contribution in [1.29, 1.82) is 0 Å². The first-order valence-electron chi connectivity index (χ1n) is 19.2. The molecule has 0 saturated heterocycles. The minimum atomic E-state index is 0.882. The Balaban J connectivity index is 1.11. The van der Waals surface area contributed by atoms with Gasteiger partial charge in [-0.25, -0.2) is 0 Å². The number of hydrogen-bond donors (Lipinski definition) is 0. The third-order valence-corrected chi connectivity index (χ3v) is 11.2. The van der Waals surface area contributed by atoms with Crippen molar-refractivity contribution in [2.75, 3.05) is 4.90 Å². The molecule has 11 rings (SSSR count). The lowest BCUT2D eigenvalue weighted by Crippen LogP contribution is -2.10. The van der Waals surface area contributed by atoms with Crippen LogP contribution in [0.25, 0.3) is 87.6 Å². The van der Waals surface area contributed by atoms with Gasteiger partial charge in [-0.05, 0) is 97.4 Å². The van der Waals surface area contributed by atoms with Crippen LogP contribution in [0.1, 0.15) is 0 Å². The van der Waals surface area contributed by atoms with Gasteiger partial charge in [0.15, 0.2) is 0 Å². The number of benzene rings is 10. The molecule has 0 aliphatic carbocycles. The molecule has 0 aliphatic heterocycles. The summed E-state index contributed by atoms with van der Waals surface area (Å²) in [5.74, 6) is 0. The Bertz CT molecular complexity index is 3230. The summed E-state index contributed by atoms with van der Waals surface area (Å²) in [5.41, 5.74) is 12.2. The summed E-state index contributed by atoms with van der Waals surface area (Å²) < 4.78 is 6.80. The number of nitrogens with zero attached hydrogens (tertiary/aromatic N) is 1. The quantitative estimate of drug-likeness (QED) is 0.171. The maximum atomic E-state index is 6.80. The third-order valence-electron chi connectivity index (χ3n) is 11.2. The van der Waals surface area contributed by atoms with E-state index in [0.29, 0.717) is 0 Å². The summed E-state index contributed by atoms with van der Waals surface area (Å²) in [6.07, 6.45) is 0. The fraction of sp³-hybridized carbons (Fsp3) is 0. The highest BCUT2D eigenvalue weighted by atomic mass is 16.3. The first-order valence-corrected chi connectivity index (χ1v) is 19.2. The molecule has 1 heterocycles. The largest absolute Gasteiger partial charge is 0.455 e. The maximum absolute atomic E-state index is 6.80. The Kier molecular flexibility index (Phi) is 7.53. The Morgan fingerprint density at radius 3 is 1.57 bits per heavy atom. The Morgan fingerprint density at radius 1 is 0.321 bits per heavy atom. The maximum Gasteiger partial charge on any atom is 0.143 e. The van der Waals surface area contributed by atoms with Gasteiger partial charge in [0, 0.05) is 32.9 Å². The van der Waals surface area contributed by atoms with Gasteiger partial charge in [-0.15, -0.1) is 0 Å². The summed E-state index contributed by atoms with van der Waals surface area (Å²) in [4.78, 5) is 2.41. The predicted octanol–water partition coefficient (Wildman–Crippen LogP) is 15.5. The molecule has 0 N–H and O–H groups in total. The smallest absolute Gasteiger partial charge is 0.143 e. The van der Waals surface area contributed by atoms with Crippen LogP contribution < -0.4 is 4.90 Å². The average molecular weight is 714 g/mol. The molecule has 11 aromatic rings. The van der Waals surface area contributed by atoms with E-state index in [1.165, 1.54) is 49.4 Å². The molecule has 0 unspecified atom stereocenters. The third kappa shape index (κ3) is 5.42. The second-order valence-electron chi connectivity index (χ2n) is 14.5. The van der Waals surface area contributed by atoms with Crippen LogP contribution in [0.5, 0.6) is 0 Å². The van der Waals surface area contributed by atoms with Gasteiger partial charge in [0.2, 0.25) is 0 Å². The van der Waals surface area contributed by atoms with Gasteiger partial charge in [0.1, 0.15) is 11.2 Å². The van der Waals surface area contributed by atoms with E-state index in [1.807, 2.05) is 0 Å².